The zero-order valence-electron chi connectivity index (χ0n) is 11.1. The number of aromatic carboxylic acids is 1. The maximum atomic E-state index is 12.0. The molecular formula is C13H13N3O4S. The van der Waals surface area contributed by atoms with Crippen LogP contribution >= 0.6 is 11.3 Å². The summed E-state index contributed by atoms with van der Waals surface area (Å²) in [5.74, 6) is -1.26. The van der Waals surface area contributed by atoms with E-state index >= 15 is 0 Å². The molecule has 0 fully saturated rings. The summed E-state index contributed by atoms with van der Waals surface area (Å²) in [5, 5.41) is 13.9. The van der Waals surface area contributed by atoms with Crippen LogP contribution < -0.4 is 15.8 Å². The molecule has 0 atom stereocenters. The topological polar surface area (TPSA) is 115 Å². The minimum Gasteiger partial charge on any atom is -0.497 e. The van der Waals surface area contributed by atoms with E-state index in [0.29, 0.717) is 10.8 Å². The smallest absolute Gasteiger partial charge is 0.337 e. The average molecular weight is 307 g/mol. The van der Waals surface area contributed by atoms with Gasteiger partial charge < -0.3 is 20.9 Å². The van der Waals surface area contributed by atoms with E-state index in [2.05, 4.69) is 10.3 Å². The van der Waals surface area contributed by atoms with Crippen molar-refractivity contribution >= 4 is 28.9 Å². The molecule has 0 bridgehead atoms. The van der Waals surface area contributed by atoms with Gasteiger partial charge in [0.1, 0.15) is 16.5 Å². The first-order chi connectivity index (χ1) is 10.0. The second-order valence-corrected chi connectivity index (χ2v) is 4.94. The maximum Gasteiger partial charge on any atom is 0.337 e. The number of amides is 1. The Labute approximate surface area is 124 Å². The van der Waals surface area contributed by atoms with Gasteiger partial charge in [-0.15, -0.1) is 11.3 Å². The number of thiazole rings is 1. The number of carbonyl (C=O) groups is 2. The lowest BCUT2D eigenvalue weighted by molar-refractivity contribution is 0.0697. The van der Waals surface area contributed by atoms with Crippen LogP contribution in [0, 0.1) is 0 Å². The molecule has 7 nitrogen and oxygen atoms in total. The number of benzene rings is 1. The minimum atomic E-state index is -1.16. The summed E-state index contributed by atoms with van der Waals surface area (Å²) in [5.41, 5.74) is 5.76. The number of hydrogen-bond acceptors (Lipinski definition) is 6. The van der Waals surface area contributed by atoms with Gasteiger partial charge in [-0.25, -0.2) is 9.78 Å². The summed E-state index contributed by atoms with van der Waals surface area (Å²) >= 11 is 1.27. The Morgan fingerprint density at radius 1 is 1.48 bits per heavy atom. The van der Waals surface area contributed by atoms with E-state index in [9.17, 15) is 14.7 Å². The van der Waals surface area contributed by atoms with Crippen molar-refractivity contribution in [1.82, 2.24) is 4.98 Å². The van der Waals surface area contributed by atoms with Crippen molar-refractivity contribution in [3.05, 3.63) is 39.8 Å². The number of nitrogens with zero attached hydrogens (tertiary/aromatic N) is 1. The zero-order chi connectivity index (χ0) is 15.4. The van der Waals surface area contributed by atoms with Crippen molar-refractivity contribution in [2.75, 3.05) is 12.4 Å². The molecule has 2 rings (SSSR count). The molecule has 0 aliphatic heterocycles. The Bertz CT molecular complexity index is 684. The van der Waals surface area contributed by atoms with Crippen molar-refractivity contribution in [1.29, 1.82) is 0 Å². The Hall–Kier alpha value is -2.45. The van der Waals surface area contributed by atoms with Crippen LogP contribution in [0.1, 0.15) is 25.9 Å². The molecule has 1 aromatic heterocycles. The summed E-state index contributed by atoms with van der Waals surface area (Å²) in [7, 11) is 1.43. The Morgan fingerprint density at radius 2 is 2.24 bits per heavy atom. The van der Waals surface area contributed by atoms with Gasteiger partial charge in [0, 0.05) is 11.9 Å². The number of carbonyl (C=O) groups excluding carboxylic acids is 1. The molecule has 0 spiro atoms. The highest BCUT2D eigenvalue weighted by atomic mass is 32.1. The van der Waals surface area contributed by atoms with Gasteiger partial charge in [0.2, 0.25) is 0 Å². The quantitative estimate of drug-likeness (QED) is 0.772. The fourth-order valence-electron chi connectivity index (χ4n) is 1.63. The molecule has 110 valence electrons. The molecule has 0 saturated carbocycles. The first-order valence-electron chi connectivity index (χ1n) is 5.92. The molecule has 0 aliphatic carbocycles. The number of rotatable bonds is 5. The van der Waals surface area contributed by atoms with E-state index in [1.165, 1.54) is 30.6 Å². The zero-order valence-corrected chi connectivity index (χ0v) is 11.9. The largest absolute Gasteiger partial charge is 0.497 e. The van der Waals surface area contributed by atoms with Crippen LogP contribution in [0.5, 0.6) is 5.75 Å². The Morgan fingerprint density at radius 3 is 2.81 bits per heavy atom. The Balaban J connectivity index is 2.26. The summed E-state index contributed by atoms with van der Waals surface area (Å²) in [6.07, 6.45) is 0. The van der Waals surface area contributed by atoms with E-state index in [4.69, 9.17) is 10.5 Å². The number of nitrogens with one attached hydrogen (secondary N) is 1. The van der Waals surface area contributed by atoms with Crippen LogP contribution in [0.2, 0.25) is 0 Å². The molecule has 8 heteroatoms. The monoisotopic (exact) mass is 307 g/mol. The number of carboxylic acid groups (broad SMARTS) is 1. The van der Waals surface area contributed by atoms with Gasteiger partial charge in [-0.2, -0.15) is 0 Å². The highest BCUT2D eigenvalue weighted by Gasteiger charge is 2.16. The summed E-state index contributed by atoms with van der Waals surface area (Å²) < 4.78 is 4.97. The van der Waals surface area contributed by atoms with Crippen molar-refractivity contribution in [3.63, 3.8) is 0 Å². The van der Waals surface area contributed by atoms with E-state index in [0.717, 1.165) is 0 Å². The van der Waals surface area contributed by atoms with Crippen LogP contribution in [0.25, 0.3) is 0 Å². The van der Waals surface area contributed by atoms with E-state index in [1.807, 2.05) is 0 Å². The molecule has 0 aliphatic rings. The van der Waals surface area contributed by atoms with Gasteiger partial charge in [-0.05, 0) is 18.2 Å². The van der Waals surface area contributed by atoms with Crippen LogP contribution in [-0.2, 0) is 6.54 Å². The van der Waals surface area contributed by atoms with Crippen molar-refractivity contribution in [3.8, 4) is 5.75 Å². The first kappa shape index (κ1) is 14.9. The number of nitrogens with two attached hydrogens (primary N) is 1. The number of ether oxygens (including phenoxy) is 1. The number of methoxy groups -OCH3 is 1. The van der Waals surface area contributed by atoms with Gasteiger partial charge in [-0.1, -0.05) is 0 Å². The highest BCUT2D eigenvalue weighted by molar-refractivity contribution is 7.09. The molecule has 0 unspecified atom stereocenters. The number of hydrogen-bond donors (Lipinski definition) is 3. The van der Waals surface area contributed by atoms with Crippen LogP contribution in [-0.4, -0.2) is 29.1 Å². The van der Waals surface area contributed by atoms with Gasteiger partial charge in [0.05, 0.1) is 18.4 Å². The van der Waals surface area contributed by atoms with Crippen molar-refractivity contribution in [2.45, 2.75) is 6.54 Å². The lowest BCUT2D eigenvalue weighted by Gasteiger charge is -2.09. The molecule has 1 heterocycles. The summed E-state index contributed by atoms with van der Waals surface area (Å²) in [6.45, 7) is 0.251. The fourth-order valence-corrected chi connectivity index (χ4v) is 2.29. The lowest BCUT2D eigenvalue weighted by atomic mass is 10.1. The van der Waals surface area contributed by atoms with E-state index in [1.54, 1.807) is 11.4 Å². The van der Waals surface area contributed by atoms with Gasteiger partial charge >= 0.3 is 5.97 Å². The molecule has 0 saturated heterocycles. The minimum absolute atomic E-state index is 0.0584. The van der Waals surface area contributed by atoms with Crippen molar-refractivity contribution in [2.24, 2.45) is 5.73 Å². The SMILES string of the molecule is COc1ccc(NC(=O)c2csc(CN)n2)c(C(=O)O)c1. The number of anilines is 1. The van der Waals surface area contributed by atoms with E-state index < -0.39 is 11.9 Å². The normalized spacial score (nSPS) is 10.2. The van der Waals surface area contributed by atoms with Gasteiger partial charge in [0.15, 0.2) is 0 Å². The summed E-state index contributed by atoms with van der Waals surface area (Å²) in [4.78, 5) is 27.3. The number of aromatic nitrogens is 1. The van der Waals surface area contributed by atoms with Crippen LogP contribution in [0.3, 0.4) is 0 Å². The van der Waals surface area contributed by atoms with Gasteiger partial charge in [-0.3, -0.25) is 4.79 Å². The third kappa shape index (κ3) is 3.36. The molecule has 1 amide bonds. The predicted molar refractivity (Wildman–Crippen MR) is 77.9 cm³/mol. The highest BCUT2D eigenvalue weighted by Crippen LogP contribution is 2.23. The molecule has 21 heavy (non-hydrogen) atoms. The average Bonchev–Trinajstić information content (AvgIpc) is 2.96. The number of carboxylic acids is 1. The third-order valence-electron chi connectivity index (χ3n) is 2.66. The van der Waals surface area contributed by atoms with E-state index in [-0.39, 0.29) is 23.5 Å². The maximum absolute atomic E-state index is 12.0. The molecular weight excluding hydrogens is 294 g/mol. The third-order valence-corrected chi connectivity index (χ3v) is 3.54. The second kappa shape index (κ2) is 6.33. The standard InChI is InChI=1S/C13H13N3O4S/c1-20-7-2-3-9(8(4-7)13(18)19)16-12(17)10-6-21-11(5-14)15-10/h2-4,6H,5,14H2,1H3,(H,16,17)(H,18,19). The fraction of sp³-hybridized carbons (Fsp3) is 0.154. The van der Waals surface area contributed by atoms with Crippen LogP contribution in [0.4, 0.5) is 5.69 Å². The predicted octanol–water partition coefficient (Wildman–Crippen LogP) is 1.56. The van der Waals surface area contributed by atoms with Gasteiger partial charge in [0.25, 0.3) is 5.91 Å². The second-order valence-electron chi connectivity index (χ2n) is 4.00. The molecule has 0 radical (unpaired) electrons. The first-order valence-corrected chi connectivity index (χ1v) is 6.80. The molecule has 1 aromatic carbocycles. The molecule has 2 aromatic rings. The van der Waals surface area contributed by atoms with Crippen molar-refractivity contribution < 1.29 is 19.4 Å². The molecule has 4 N–H and O–H groups in total. The Kier molecular flexibility index (Phi) is 4.51. The lowest BCUT2D eigenvalue weighted by Crippen LogP contribution is -2.15. The van der Waals surface area contributed by atoms with Crippen LogP contribution in [0.15, 0.2) is 23.6 Å². The summed E-state index contributed by atoms with van der Waals surface area (Å²) in [6, 6.07) is 4.37.